The van der Waals surface area contributed by atoms with Crippen LogP contribution in [0.4, 0.5) is 0 Å². The van der Waals surface area contributed by atoms with Crippen molar-refractivity contribution in [1.82, 2.24) is 9.78 Å². The molecule has 0 aliphatic rings. The second-order valence-electron chi connectivity index (χ2n) is 3.93. The number of halogens is 1. The van der Waals surface area contributed by atoms with Crippen molar-refractivity contribution < 1.29 is 0 Å². The van der Waals surface area contributed by atoms with Crippen LogP contribution in [-0.2, 0) is 12.8 Å². The average molecular weight is 294 g/mol. The summed E-state index contributed by atoms with van der Waals surface area (Å²) in [6.45, 7) is 2.77. The number of aryl methyl sites for hydroxylation is 1. The number of nitrogens with zero attached hydrogens (tertiary/aromatic N) is 2. The van der Waals surface area contributed by atoms with Gasteiger partial charge in [-0.15, -0.1) is 0 Å². The number of aromatic nitrogens is 2. The normalized spacial score (nSPS) is 10.8. The Kier molecular flexibility index (Phi) is 3.97. The summed E-state index contributed by atoms with van der Waals surface area (Å²) in [4.78, 5) is 0. The van der Waals surface area contributed by atoms with Crippen LogP contribution in [0.25, 0.3) is 5.69 Å². The molecule has 0 radical (unpaired) electrons. The van der Waals surface area contributed by atoms with Crippen LogP contribution in [0.5, 0.6) is 0 Å². The van der Waals surface area contributed by atoms with Crippen molar-refractivity contribution in [2.45, 2.75) is 19.8 Å². The van der Waals surface area contributed by atoms with Crippen LogP contribution in [0.15, 0.2) is 34.9 Å². The zero-order valence-corrected chi connectivity index (χ0v) is 11.4. The molecule has 4 heteroatoms. The van der Waals surface area contributed by atoms with Gasteiger partial charge in [-0.1, -0.05) is 19.1 Å². The van der Waals surface area contributed by atoms with Crippen LogP contribution in [0, 0.1) is 0 Å². The molecule has 0 saturated carbocycles. The first-order valence-electron chi connectivity index (χ1n) is 5.78. The summed E-state index contributed by atoms with van der Waals surface area (Å²) in [6, 6.07) is 8.44. The molecule has 0 saturated heterocycles. The van der Waals surface area contributed by atoms with Crippen molar-refractivity contribution in [1.29, 1.82) is 0 Å². The Balaban J connectivity index is 2.29. The Morgan fingerprint density at radius 2 is 2.00 bits per heavy atom. The molecule has 90 valence electrons. The molecule has 1 aromatic carbocycles. The van der Waals surface area contributed by atoms with E-state index >= 15 is 0 Å². The summed E-state index contributed by atoms with van der Waals surface area (Å²) in [7, 11) is 0. The predicted octanol–water partition coefficient (Wildman–Crippen LogP) is 2.70. The highest BCUT2D eigenvalue weighted by Crippen LogP contribution is 2.18. The second kappa shape index (κ2) is 5.47. The Bertz CT molecular complexity index is 488. The lowest BCUT2D eigenvalue weighted by Gasteiger charge is -2.02. The van der Waals surface area contributed by atoms with Crippen molar-refractivity contribution in [3.05, 3.63) is 46.2 Å². The smallest absolute Gasteiger partial charge is 0.0783 e. The minimum Gasteiger partial charge on any atom is -0.330 e. The van der Waals surface area contributed by atoms with Gasteiger partial charge in [0.25, 0.3) is 0 Å². The van der Waals surface area contributed by atoms with Gasteiger partial charge in [-0.25, -0.2) is 4.68 Å². The highest BCUT2D eigenvalue weighted by Gasteiger charge is 2.06. The van der Waals surface area contributed by atoms with Crippen LogP contribution >= 0.6 is 15.9 Å². The third kappa shape index (κ3) is 2.76. The maximum absolute atomic E-state index is 5.55. The molecule has 1 aromatic heterocycles. The minimum absolute atomic E-state index is 0.615. The maximum Gasteiger partial charge on any atom is 0.0783 e. The lowest BCUT2D eigenvalue weighted by Crippen LogP contribution is -2.04. The van der Waals surface area contributed by atoms with E-state index in [0.717, 1.165) is 28.7 Å². The van der Waals surface area contributed by atoms with E-state index in [2.05, 4.69) is 52.2 Å². The van der Waals surface area contributed by atoms with Gasteiger partial charge < -0.3 is 5.73 Å². The van der Waals surface area contributed by atoms with E-state index in [9.17, 15) is 0 Å². The maximum atomic E-state index is 5.55. The van der Waals surface area contributed by atoms with Gasteiger partial charge in [0.2, 0.25) is 0 Å². The van der Waals surface area contributed by atoms with E-state index in [-0.39, 0.29) is 0 Å². The van der Waals surface area contributed by atoms with Crippen molar-refractivity contribution in [3.63, 3.8) is 0 Å². The van der Waals surface area contributed by atoms with Crippen LogP contribution in [0.2, 0.25) is 0 Å². The SMILES string of the molecule is CCc1ccc(-n2cc(Br)c(CCN)n2)cc1. The fraction of sp³-hybridized carbons (Fsp3) is 0.308. The van der Waals surface area contributed by atoms with E-state index in [1.165, 1.54) is 5.56 Å². The third-order valence-corrected chi connectivity index (χ3v) is 3.39. The Morgan fingerprint density at radius 3 is 2.59 bits per heavy atom. The first-order chi connectivity index (χ1) is 8.24. The lowest BCUT2D eigenvalue weighted by atomic mass is 10.1. The third-order valence-electron chi connectivity index (χ3n) is 2.73. The lowest BCUT2D eigenvalue weighted by molar-refractivity contribution is 0.820. The molecule has 3 nitrogen and oxygen atoms in total. The van der Waals surface area contributed by atoms with Gasteiger partial charge in [0.05, 0.1) is 15.9 Å². The summed E-state index contributed by atoms with van der Waals surface area (Å²) in [5.41, 5.74) is 8.96. The van der Waals surface area contributed by atoms with Gasteiger partial charge >= 0.3 is 0 Å². The molecule has 0 amide bonds. The number of hydrogen-bond acceptors (Lipinski definition) is 2. The quantitative estimate of drug-likeness (QED) is 0.942. The molecule has 0 atom stereocenters. The number of hydrogen-bond donors (Lipinski definition) is 1. The van der Waals surface area contributed by atoms with Gasteiger partial charge in [0.1, 0.15) is 0 Å². The molecule has 0 aliphatic heterocycles. The molecule has 2 aromatic rings. The second-order valence-corrected chi connectivity index (χ2v) is 4.78. The summed E-state index contributed by atoms with van der Waals surface area (Å²) < 4.78 is 2.90. The van der Waals surface area contributed by atoms with Gasteiger partial charge in [0, 0.05) is 12.6 Å². The van der Waals surface area contributed by atoms with Crippen LogP contribution in [-0.4, -0.2) is 16.3 Å². The highest BCUT2D eigenvalue weighted by molar-refractivity contribution is 9.10. The zero-order valence-electron chi connectivity index (χ0n) is 9.86. The van der Waals surface area contributed by atoms with Gasteiger partial charge in [-0.05, 0) is 46.6 Å². The summed E-state index contributed by atoms with van der Waals surface area (Å²) in [6.07, 6.45) is 3.83. The molecule has 0 bridgehead atoms. The van der Waals surface area contributed by atoms with Gasteiger partial charge in [0.15, 0.2) is 0 Å². The largest absolute Gasteiger partial charge is 0.330 e. The van der Waals surface area contributed by atoms with E-state index in [0.29, 0.717) is 6.54 Å². The molecule has 1 heterocycles. The molecular formula is C13H16BrN3. The van der Waals surface area contributed by atoms with E-state index in [1.54, 1.807) is 0 Å². The molecule has 0 aliphatic carbocycles. The number of benzene rings is 1. The Morgan fingerprint density at radius 1 is 1.29 bits per heavy atom. The number of nitrogens with two attached hydrogens (primary N) is 1. The molecule has 2 N–H and O–H groups in total. The van der Waals surface area contributed by atoms with Crippen molar-refractivity contribution in [2.75, 3.05) is 6.54 Å². The van der Waals surface area contributed by atoms with Crippen LogP contribution in [0.1, 0.15) is 18.2 Å². The first-order valence-corrected chi connectivity index (χ1v) is 6.57. The topological polar surface area (TPSA) is 43.8 Å². The van der Waals surface area contributed by atoms with Crippen molar-refractivity contribution in [3.8, 4) is 5.69 Å². The summed E-state index contributed by atoms with van der Waals surface area (Å²) >= 11 is 3.50. The Labute approximate surface area is 110 Å². The number of rotatable bonds is 4. The van der Waals surface area contributed by atoms with E-state index < -0.39 is 0 Å². The molecule has 2 rings (SSSR count). The average Bonchev–Trinajstić information content (AvgIpc) is 2.72. The standard InChI is InChI=1S/C13H16BrN3/c1-2-10-3-5-11(6-4-10)17-9-12(14)13(16-17)7-8-15/h3-6,9H,2,7-8,15H2,1H3. The van der Waals surface area contributed by atoms with E-state index in [4.69, 9.17) is 5.73 Å². The zero-order chi connectivity index (χ0) is 12.3. The fourth-order valence-electron chi connectivity index (χ4n) is 1.71. The Hall–Kier alpha value is -1.13. The van der Waals surface area contributed by atoms with E-state index in [1.807, 2.05) is 10.9 Å². The van der Waals surface area contributed by atoms with Crippen molar-refractivity contribution in [2.24, 2.45) is 5.73 Å². The predicted molar refractivity (Wildman–Crippen MR) is 73.4 cm³/mol. The molecule has 0 spiro atoms. The first kappa shape index (κ1) is 12.3. The highest BCUT2D eigenvalue weighted by atomic mass is 79.9. The summed E-state index contributed by atoms with van der Waals surface area (Å²) in [5.74, 6) is 0. The van der Waals surface area contributed by atoms with Crippen LogP contribution in [0.3, 0.4) is 0 Å². The molecule has 17 heavy (non-hydrogen) atoms. The van der Waals surface area contributed by atoms with Gasteiger partial charge in [-0.3, -0.25) is 0 Å². The van der Waals surface area contributed by atoms with Crippen molar-refractivity contribution >= 4 is 15.9 Å². The monoisotopic (exact) mass is 293 g/mol. The summed E-state index contributed by atoms with van der Waals surface area (Å²) in [5, 5.41) is 4.52. The minimum atomic E-state index is 0.615. The molecule has 0 fully saturated rings. The molecule has 0 unspecified atom stereocenters. The fourth-order valence-corrected chi connectivity index (χ4v) is 2.18. The molecular weight excluding hydrogens is 278 g/mol. The van der Waals surface area contributed by atoms with Crippen LogP contribution < -0.4 is 5.73 Å². The van der Waals surface area contributed by atoms with Gasteiger partial charge in [-0.2, -0.15) is 5.10 Å².